The second kappa shape index (κ2) is 9.13. The number of nitrogens with zero attached hydrogens (tertiary/aromatic N) is 4. The smallest absolute Gasteiger partial charge is 0.275 e. The zero-order valence-electron chi connectivity index (χ0n) is 18.3. The number of likely N-dealkylation sites (N-methyl/N-ethyl adjacent to an activating group) is 1. The van der Waals surface area contributed by atoms with E-state index in [1.807, 2.05) is 12.1 Å². The molecule has 8 heteroatoms. The molecule has 0 saturated carbocycles. The molecule has 2 fully saturated rings. The summed E-state index contributed by atoms with van der Waals surface area (Å²) >= 11 is 1.26. The van der Waals surface area contributed by atoms with Crippen molar-refractivity contribution in [1.29, 1.82) is 0 Å². The van der Waals surface area contributed by atoms with Gasteiger partial charge in [0.25, 0.3) is 5.56 Å². The summed E-state index contributed by atoms with van der Waals surface area (Å²) in [5.74, 6) is 0.0834. The predicted molar refractivity (Wildman–Crippen MR) is 127 cm³/mol. The molecule has 0 N–H and O–H groups in total. The van der Waals surface area contributed by atoms with Crippen LogP contribution in [0.2, 0.25) is 0 Å². The van der Waals surface area contributed by atoms with Crippen molar-refractivity contribution in [3.05, 3.63) is 51.9 Å². The predicted octanol–water partition coefficient (Wildman–Crippen LogP) is 3.20. The Kier molecular flexibility index (Phi) is 6.08. The molecule has 32 heavy (non-hydrogen) atoms. The number of aromatic nitrogens is 2. The summed E-state index contributed by atoms with van der Waals surface area (Å²) in [5.41, 5.74) is 2.42. The maximum absolute atomic E-state index is 13.2. The molecule has 0 bridgehead atoms. The lowest BCUT2D eigenvalue weighted by molar-refractivity contribution is 0.0547. The van der Waals surface area contributed by atoms with E-state index in [4.69, 9.17) is 4.74 Å². The van der Waals surface area contributed by atoms with Crippen LogP contribution in [0.5, 0.6) is 0 Å². The molecule has 0 amide bonds. The third-order valence-electron chi connectivity index (χ3n) is 6.49. The topological polar surface area (TPSA) is 67.7 Å². The molecule has 2 aromatic heterocycles. The summed E-state index contributed by atoms with van der Waals surface area (Å²) in [4.78, 5) is 35.9. The second-order valence-corrected chi connectivity index (χ2v) is 9.71. The van der Waals surface area contributed by atoms with Gasteiger partial charge in [0.15, 0.2) is 5.78 Å². The van der Waals surface area contributed by atoms with Crippen LogP contribution in [0.25, 0.3) is 15.9 Å². The molecular formula is C24H28N4O3S. The van der Waals surface area contributed by atoms with E-state index >= 15 is 0 Å². The van der Waals surface area contributed by atoms with Crippen LogP contribution in [0, 0.1) is 5.92 Å². The first kappa shape index (κ1) is 21.3. The van der Waals surface area contributed by atoms with E-state index in [0.29, 0.717) is 28.3 Å². The Balaban J connectivity index is 1.40. The molecular weight excluding hydrogens is 424 g/mol. The number of hydrogen-bond donors (Lipinski definition) is 0. The molecule has 2 aliphatic heterocycles. The summed E-state index contributed by atoms with van der Waals surface area (Å²) in [5, 5.41) is 0. The van der Waals surface area contributed by atoms with Gasteiger partial charge >= 0.3 is 0 Å². The Morgan fingerprint density at radius 3 is 2.59 bits per heavy atom. The fraction of sp³-hybridized carbons (Fsp3) is 0.458. The third-order valence-corrected chi connectivity index (χ3v) is 7.61. The summed E-state index contributed by atoms with van der Waals surface area (Å²) in [6.07, 6.45) is 4.19. The lowest BCUT2D eigenvalue weighted by Gasteiger charge is -2.23. The SMILES string of the molecule is CN1CCCN(c2ccc(-n3cnc4cc(C(=O)C5CCOCC5)sc4c3=O)cc2)CC1. The van der Waals surface area contributed by atoms with Crippen molar-refractivity contribution >= 4 is 33.0 Å². The van der Waals surface area contributed by atoms with Gasteiger partial charge in [-0.15, -0.1) is 11.3 Å². The van der Waals surface area contributed by atoms with Gasteiger partial charge in [-0.3, -0.25) is 14.2 Å². The standard InChI is InChI=1S/C24H28N4O3S/c1-26-9-2-10-27(12-11-26)18-3-5-19(6-4-18)28-16-25-20-15-21(32-23(20)24(28)30)22(29)17-7-13-31-14-8-17/h3-6,15-17H,2,7-14H2,1H3. The molecule has 2 saturated heterocycles. The van der Waals surface area contributed by atoms with Crippen LogP contribution in [-0.2, 0) is 4.74 Å². The summed E-state index contributed by atoms with van der Waals surface area (Å²) in [6, 6.07) is 9.86. The van der Waals surface area contributed by atoms with Crippen LogP contribution in [-0.4, -0.2) is 66.7 Å². The number of hydrogen-bond acceptors (Lipinski definition) is 7. The van der Waals surface area contributed by atoms with E-state index in [1.54, 1.807) is 17.0 Å². The van der Waals surface area contributed by atoms with Gasteiger partial charge in [-0.05, 0) is 63.2 Å². The zero-order valence-corrected chi connectivity index (χ0v) is 19.1. The highest BCUT2D eigenvalue weighted by atomic mass is 32.1. The number of benzene rings is 1. The van der Waals surface area contributed by atoms with E-state index in [1.165, 1.54) is 17.0 Å². The zero-order chi connectivity index (χ0) is 22.1. The van der Waals surface area contributed by atoms with Gasteiger partial charge in [-0.1, -0.05) is 0 Å². The number of carbonyl (C=O) groups is 1. The molecule has 2 aliphatic rings. The van der Waals surface area contributed by atoms with Crippen molar-refractivity contribution in [3.63, 3.8) is 0 Å². The molecule has 0 atom stereocenters. The van der Waals surface area contributed by atoms with Crippen molar-refractivity contribution in [2.24, 2.45) is 5.92 Å². The van der Waals surface area contributed by atoms with Gasteiger partial charge in [-0.2, -0.15) is 0 Å². The molecule has 0 spiro atoms. The van der Waals surface area contributed by atoms with Gasteiger partial charge in [0, 0.05) is 44.5 Å². The number of rotatable bonds is 4. The number of fused-ring (bicyclic) bond motifs is 1. The average molecular weight is 453 g/mol. The van der Waals surface area contributed by atoms with Gasteiger partial charge in [0.2, 0.25) is 0 Å². The Morgan fingerprint density at radius 1 is 1.06 bits per heavy atom. The quantitative estimate of drug-likeness (QED) is 0.567. The molecule has 7 nitrogen and oxygen atoms in total. The highest BCUT2D eigenvalue weighted by molar-refractivity contribution is 7.20. The molecule has 168 valence electrons. The molecule has 4 heterocycles. The van der Waals surface area contributed by atoms with Crippen molar-refractivity contribution < 1.29 is 9.53 Å². The van der Waals surface area contributed by atoms with Crippen molar-refractivity contribution in [2.45, 2.75) is 19.3 Å². The number of Topliss-reactive ketones (excluding diaryl/α,β-unsaturated/α-hetero) is 1. The first-order valence-corrected chi connectivity index (χ1v) is 12.1. The van der Waals surface area contributed by atoms with Crippen LogP contribution in [0.4, 0.5) is 5.69 Å². The largest absolute Gasteiger partial charge is 0.381 e. The van der Waals surface area contributed by atoms with Crippen molar-refractivity contribution in [1.82, 2.24) is 14.5 Å². The first-order valence-electron chi connectivity index (χ1n) is 11.3. The number of thiophene rings is 1. The first-order chi connectivity index (χ1) is 15.6. The van der Waals surface area contributed by atoms with Crippen LogP contribution in [0.3, 0.4) is 0 Å². The Labute approximate surface area is 191 Å². The minimum absolute atomic E-state index is 0.0228. The lowest BCUT2D eigenvalue weighted by Crippen LogP contribution is -2.28. The Morgan fingerprint density at radius 2 is 1.81 bits per heavy atom. The van der Waals surface area contributed by atoms with Crippen LogP contribution in [0.15, 0.2) is 41.5 Å². The van der Waals surface area contributed by atoms with Gasteiger partial charge in [-0.25, -0.2) is 4.98 Å². The number of ether oxygens (including phenoxy) is 1. The summed E-state index contributed by atoms with van der Waals surface area (Å²) < 4.78 is 7.47. The molecule has 0 aliphatic carbocycles. The van der Waals surface area contributed by atoms with Crippen LogP contribution in [0.1, 0.15) is 28.9 Å². The fourth-order valence-corrected chi connectivity index (χ4v) is 5.57. The molecule has 3 aromatic rings. The fourth-order valence-electron chi connectivity index (χ4n) is 4.51. The van der Waals surface area contributed by atoms with E-state index in [9.17, 15) is 9.59 Å². The van der Waals surface area contributed by atoms with Crippen molar-refractivity contribution in [3.8, 4) is 5.69 Å². The Bertz CT molecular complexity index is 1160. The monoisotopic (exact) mass is 452 g/mol. The number of ketones is 1. The molecule has 0 unspecified atom stereocenters. The molecule has 5 rings (SSSR count). The summed E-state index contributed by atoms with van der Waals surface area (Å²) in [6.45, 7) is 5.45. The summed E-state index contributed by atoms with van der Waals surface area (Å²) in [7, 11) is 2.16. The van der Waals surface area contributed by atoms with Crippen LogP contribution < -0.4 is 10.5 Å². The van der Waals surface area contributed by atoms with E-state index in [2.05, 4.69) is 34.0 Å². The number of anilines is 1. The second-order valence-electron chi connectivity index (χ2n) is 8.66. The minimum atomic E-state index is -0.129. The maximum Gasteiger partial charge on any atom is 0.275 e. The average Bonchev–Trinajstić information content (AvgIpc) is 3.15. The maximum atomic E-state index is 13.2. The van der Waals surface area contributed by atoms with Gasteiger partial charge in [0.1, 0.15) is 11.0 Å². The lowest BCUT2D eigenvalue weighted by atomic mass is 9.94. The van der Waals surface area contributed by atoms with E-state index in [0.717, 1.165) is 51.1 Å². The van der Waals surface area contributed by atoms with Gasteiger partial charge in [0.05, 0.1) is 16.1 Å². The van der Waals surface area contributed by atoms with Gasteiger partial charge < -0.3 is 14.5 Å². The van der Waals surface area contributed by atoms with E-state index in [-0.39, 0.29) is 17.3 Å². The normalized spacial score (nSPS) is 18.7. The highest BCUT2D eigenvalue weighted by Gasteiger charge is 2.25. The molecule has 0 radical (unpaired) electrons. The Hall–Kier alpha value is -2.55. The highest BCUT2D eigenvalue weighted by Crippen LogP contribution is 2.28. The minimum Gasteiger partial charge on any atom is -0.381 e. The number of carbonyl (C=O) groups excluding carboxylic acids is 1. The van der Waals surface area contributed by atoms with Crippen molar-refractivity contribution in [2.75, 3.05) is 51.3 Å². The molecule has 1 aromatic carbocycles. The van der Waals surface area contributed by atoms with Crippen LogP contribution >= 0.6 is 11.3 Å². The third kappa shape index (κ3) is 4.22. The van der Waals surface area contributed by atoms with E-state index < -0.39 is 0 Å².